The van der Waals surface area contributed by atoms with Crippen LogP contribution in [0.3, 0.4) is 0 Å². The SMILES string of the molecule is CCCOc1ccc(CCC(=O)NCC)cc1N. The fourth-order valence-electron chi connectivity index (χ4n) is 1.64. The number of anilines is 1. The molecule has 1 aromatic rings. The normalized spacial score (nSPS) is 10.1. The first-order chi connectivity index (χ1) is 8.67. The minimum absolute atomic E-state index is 0.0716. The molecule has 18 heavy (non-hydrogen) atoms. The molecule has 0 bridgehead atoms. The van der Waals surface area contributed by atoms with Gasteiger partial charge in [0.1, 0.15) is 5.75 Å². The van der Waals surface area contributed by atoms with Crippen LogP contribution in [0.4, 0.5) is 5.69 Å². The van der Waals surface area contributed by atoms with Crippen LogP contribution >= 0.6 is 0 Å². The average molecular weight is 250 g/mol. The Hall–Kier alpha value is -1.71. The van der Waals surface area contributed by atoms with E-state index >= 15 is 0 Å². The number of benzene rings is 1. The van der Waals surface area contributed by atoms with Crippen molar-refractivity contribution in [3.05, 3.63) is 23.8 Å². The molecule has 1 rings (SSSR count). The number of rotatable bonds is 7. The van der Waals surface area contributed by atoms with Crippen LogP contribution in [0.1, 0.15) is 32.3 Å². The van der Waals surface area contributed by atoms with Gasteiger partial charge < -0.3 is 15.8 Å². The minimum atomic E-state index is 0.0716. The summed E-state index contributed by atoms with van der Waals surface area (Å²) in [6, 6.07) is 5.71. The van der Waals surface area contributed by atoms with E-state index in [1.807, 2.05) is 25.1 Å². The fraction of sp³-hybridized carbons (Fsp3) is 0.500. The average Bonchev–Trinajstić information content (AvgIpc) is 2.35. The second-order valence-electron chi connectivity index (χ2n) is 4.17. The fourth-order valence-corrected chi connectivity index (χ4v) is 1.64. The molecule has 0 heterocycles. The van der Waals surface area contributed by atoms with Crippen LogP contribution in [0, 0.1) is 0 Å². The highest BCUT2D eigenvalue weighted by atomic mass is 16.5. The van der Waals surface area contributed by atoms with Crippen LogP contribution < -0.4 is 15.8 Å². The first-order valence-corrected chi connectivity index (χ1v) is 6.45. The Bertz CT molecular complexity index is 391. The predicted octanol–water partition coefficient (Wildman–Crippen LogP) is 2.13. The molecular weight excluding hydrogens is 228 g/mol. The highest BCUT2D eigenvalue weighted by Gasteiger charge is 2.04. The smallest absolute Gasteiger partial charge is 0.220 e. The summed E-state index contributed by atoms with van der Waals surface area (Å²) in [5.41, 5.74) is 7.60. The van der Waals surface area contributed by atoms with Crippen molar-refractivity contribution < 1.29 is 9.53 Å². The number of amides is 1. The largest absolute Gasteiger partial charge is 0.491 e. The van der Waals surface area contributed by atoms with E-state index in [-0.39, 0.29) is 5.91 Å². The summed E-state index contributed by atoms with van der Waals surface area (Å²) in [6.45, 7) is 5.31. The van der Waals surface area contributed by atoms with Crippen LogP contribution in [0.15, 0.2) is 18.2 Å². The van der Waals surface area contributed by atoms with Crippen molar-refractivity contribution in [3.63, 3.8) is 0 Å². The molecule has 0 saturated heterocycles. The van der Waals surface area contributed by atoms with Gasteiger partial charge in [0.15, 0.2) is 0 Å². The van der Waals surface area contributed by atoms with Crippen LogP contribution in [0.25, 0.3) is 0 Å². The highest BCUT2D eigenvalue weighted by molar-refractivity contribution is 5.76. The summed E-state index contributed by atoms with van der Waals surface area (Å²) < 4.78 is 5.50. The Balaban J connectivity index is 2.53. The van der Waals surface area contributed by atoms with Gasteiger partial charge in [0.05, 0.1) is 12.3 Å². The molecule has 0 aliphatic rings. The number of nitrogens with two attached hydrogens (primary N) is 1. The quantitative estimate of drug-likeness (QED) is 0.729. The third-order valence-corrected chi connectivity index (χ3v) is 2.55. The Morgan fingerprint density at radius 1 is 1.39 bits per heavy atom. The molecule has 4 heteroatoms. The van der Waals surface area contributed by atoms with Gasteiger partial charge in [-0.05, 0) is 37.5 Å². The monoisotopic (exact) mass is 250 g/mol. The molecular formula is C14H22N2O2. The molecule has 0 aromatic heterocycles. The third kappa shape index (κ3) is 4.65. The lowest BCUT2D eigenvalue weighted by Gasteiger charge is -2.09. The van der Waals surface area contributed by atoms with Gasteiger partial charge in [0.25, 0.3) is 0 Å². The standard InChI is InChI=1S/C14H22N2O2/c1-3-9-18-13-7-5-11(10-12(13)15)6-8-14(17)16-4-2/h5,7,10H,3-4,6,8-9,15H2,1-2H3,(H,16,17). The summed E-state index contributed by atoms with van der Waals surface area (Å²) in [5.74, 6) is 0.793. The number of hydrogen-bond donors (Lipinski definition) is 2. The first-order valence-electron chi connectivity index (χ1n) is 6.45. The Morgan fingerprint density at radius 2 is 2.17 bits per heavy atom. The van der Waals surface area contributed by atoms with Crippen molar-refractivity contribution in [1.29, 1.82) is 0 Å². The number of ether oxygens (including phenoxy) is 1. The van der Waals surface area contributed by atoms with Crippen molar-refractivity contribution in [2.45, 2.75) is 33.1 Å². The zero-order valence-electron chi connectivity index (χ0n) is 11.2. The van der Waals surface area contributed by atoms with E-state index in [1.165, 1.54) is 0 Å². The van der Waals surface area contributed by atoms with Gasteiger partial charge in [-0.1, -0.05) is 13.0 Å². The number of hydrogen-bond acceptors (Lipinski definition) is 3. The van der Waals surface area contributed by atoms with Gasteiger partial charge in [0, 0.05) is 13.0 Å². The van der Waals surface area contributed by atoms with Crippen molar-refractivity contribution in [1.82, 2.24) is 5.32 Å². The maximum Gasteiger partial charge on any atom is 0.220 e. The predicted molar refractivity (Wildman–Crippen MR) is 73.6 cm³/mol. The van der Waals surface area contributed by atoms with E-state index < -0.39 is 0 Å². The number of nitrogens with one attached hydrogen (secondary N) is 1. The molecule has 1 amide bonds. The topological polar surface area (TPSA) is 64.3 Å². The van der Waals surface area contributed by atoms with Crippen molar-refractivity contribution in [3.8, 4) is 5.75 Å². The molecule has 4 nitrogen and oxygen atoms in total. The van der Waals surface area contributed by atoms with Gasteiger partial charge >= 0.3 is 0 Å². The van der Waals surface area contributed by atoms with E-state index in [0.717, 1.165) is 17.7 Å². The second-order valence-corrected chi connectivity index (χ2v) is 4.17. The molecule has 0 saturated carbocycles. The molecule has 0 fully saturated rings. The van der Waals surface area contributed by atoms with Crippen molar-refractivity contribution >= 4 is 11.6 Å². The lowest BCUT2D eigenvalue weighted by atomic mass is 10.1. The molecule has 0 spiro atoms. The Morgan fingerprint density at radius 3 is 2.78 bits per heavy atom. The maximum atomic E-state index is 11.3. The summed E-state index contributed by atoms with van der Waals surface area (Å²) in [5, 5.41) is 2.77. The number of aryl methyl sites for hydroxylation is 1. The van der Waals surface area contributed by atoms with E-state index in [0.29, 0.717) is 31.7 Å². The molecule has 0 atom stereocenters. The molecule has 3 N–H and O–H groups in total. The summed E-state index contributed by atoms with van der Waals surface area (Å²) in [4.78, 5) is 11.3. The lowest BCUT2D eigenvalue weighted by molar-refractivity contribution is -0.120. The van der Waals surface area contributed by atoms with Gasteiger partial charge in [-0.15, -0.1) is 0 Å². The molecule has 0 aliphatic heterocycles. The summed E-state index contributed by atoms with van der Waals surface area (Å²) in [6.07, 6.45) is 2.14. The highest BCUT2D eigenvalue weighted by Crippen LogP contribution is 2.23. The van der Waals surface area contributed by atoms with Gasteiger partial charge in [-0.2, -0.15) is 0 Å². The van der Waals surface area contributed by atoms with Crippen LogP contribution in [-0.4, -0.2) is 19.1 Å². The Labute approximate surface area is 109 Å². The Kier molecular flexibility index (Phi) is 6.05. The van der Waals surface area contributed by atoms with Crippen LogP contribution in [0.5, 0.6) is 5.75 Å². The maximum absolute atomic E-state index is 11.3. The summed E-state index contributed by atoms with van der Waals surface area (Å²) in [7, 11) is 0. The van der Waals surface area contributed by atoms with E-state index in [2.05, 4.69) is 12.2 Å². The van der Waals surface area contributed by atoms with Gasteiger partial charge in [-0.3, -0.25) is 4.79 Å². The van der Waals surface area contributed by atoms with E-state index in [9.17, 15) is 4.79 Å². The van der Waals surface area contributed by atoms with Crippen LogP contribution in [-0.2, 0) is 11.2 Å². The first kappa shape index (κ1) is 14.4. The number of nitrogen functional groups attached to an aromatic ring is 1. The van der Waals surface area contributed by atoms with E-state index in [1.54, 1.807) is 0 Å². The molecule has 1 aromatic carbocycles. The van der Waals surface area contributed by atoms with Crippen LogP contribution in [0.2, 0.25) is 0 Å². The molecule has 0 radical (unpaired) electrons. The lowest BCUT2D eigenvalue weighted by Crippen LogP contribution is -2.22. The molecule has 0 aliphatic carbocycles. The number of carbonyl (C=O) groups excluding carboxylic acids is 1. The molecule has 100 valence electrons. The van der Waals surface area contributed by atoms with Gasteiger partial charge in [-0.25, -0.2) is 0 Å². The molecule has 0 unspecified atom stereocenters. The van der Waals surface area contributed by atoms with Gasteiger partial charge in [0.2, 0.25) is 5.91 Å². The number of carbonyl (C=O) groups is 1. The second kappa shape index (κ2) is 7.58. The zero-order valence-corrected chi connectivity index (χ0v) is 11.2. The summed E-state index contributed by atoms with van der Waals surface area (Å²) >= 11 is 0. The third-order valence-electron chi connectivity index (χ3n) is 2.55. The van der Waals surface area contributed by atoms with Crippen molar-refractivity contribution in [2.75, 3.05) is 18.9 Å². The van der Waals surface area contributed by atoms with E-state index in [4.69, 9.17) is 10.5 Å². The van der Waals surface area contributed by atoms with Crippen molar-refractivity contribution in [2.24, 2.45) is 0 Å². The minimum Gasteiger partial charge on any atom is -0.491 e. The zero-order chi connectivity index (χ0) is 13.4.